The lowest BCUT2D eigenvalue weighted by molar-refractivity contribution is 0.214. The minimum absolute atomic E-state index is 0.0333. The Kier molecular flexibility index (Phi) is 7.84. The lowest BCUT2D eigenvalue weighted by atomic mass is 9.93. The topological polar surface area (TPSA) is 41.6 Å². The largest absolute Gasteiger partial charge is 0.489 e. The third-order valence-corrected chi connectivity index (χ3v) is 7.41. The summed E-state index contributed by atoms with van der Waals surface area (Å²) < 4.78 is 6.04. The molecule has 3 aromatic rings. The van der Waals surface area contributed by atoms with Crippen molar-refractivity contribution in [2.45, 2.75) is 51.5 Å². The number of rotatable bonds is 7. The van der Waals surface area contributed by atoms with Gasteiger partial charge in [-0.15, -0.1) is 11.8 Å². The number of para-hydroxylation sites is 1. The maximum Gasteiger partial charge on any atom is 0.323 e. The number of amides is 2. The molecule has 0 spiro atoms. The number of hydrogen-bond donors (Lipinski definition) is 1. The Morgan fingerprint density at radius 2 is 1.65 bits per heavy atom. The molecule has 1 heterocycles. The second-order valence-electron chi connectivity index (χ2n) is 9.31. The normalized spacial score (nSPS) is 15.7. The number of ether oxygens (including phenoxy) is 1. The van der Waals surface area contributed by atoms with Crippen LogP contribution in [0.25, 0.3) is 0 Å². The molecule has 1 saturated heterocycles. The van der Waals surface area contributed by atoms with Crippen molar-refractivity contribution in [1.82, 2.24) is 4.90 Å². The molecule has 0 aromatic heterocycles. The van der Waals surface area contributed by atoms with Gasteiger partial charge in [-0.1, -0.05) is 88.4 Å². The van der Waals surface area contributed by atoms with E-state index in [-0.39, 0.29) is 11.4 Å². The third kappa shape index (κ3) is 5.58. The zero-order valence-electron chi connectivity index (χ0n) is 20.5. The summed E-state index contributed by atoms with van der Waals surface area (Å²) in [6.07, 6.45) is 0. The summed E-state index contributed by atoms with van der Waals surface area (Å²) in [4.78, 5) is 15.5. The lowest BCUT2D eigenvalue weighted by Gasteiger charge is -2.27. The van der Waals surface area contributed by atoms with Gasteiger partial charge in [0.05, 0.1) is 0 Å². The highest BCUT2D eigenvalue weighted by molar-refractivity contribution is 7.99. The summed E-state index contributed by atoms with van der Waals surface area (Å²) >= 11 is 1.80. The van der Waals surface area contributed by atoms with Crippen LogP contribution in [0.15, 0.2) is 72.8 Å². The molecule has 0 radical (unpaired) electrons. The second kappa shape index (κ2) is 11.0. The average Bonchev–Trinajstić information content (AvgIpc) is 3.34. The highest BCUT2D eigenvalue weighted by Crippen LogP contribution is 2.40. The van der Waals surface area contributed by atoms with Crippen molar-refractivity contribution >= 4 is 23.5 Å². The zero-order valence-corrected chi connectivity index (χ0v) is 21.3. The van der Waals surface area contributed by atoms with Crippen LogP contribution < -0.4 is 10.1 Å². The van der Waals surface area contributed by atoms with Gasteiger partial charge in [0, 0.05) is 18.0 Å². The van der Waals surface area contributed by atoms with Gasteiger partial charge in [0.2, 0.25) is 0 Å². The summed E-state index contributed by atoms with van der Waals surface area (Å²) in [6, 6.07) is 24.6. The summed E-state index contributed by atoms with van der Waals surface area (Å²) in [7, 11) is 0. The fourth-order valence-corrected chi connectivity index (χ4v) is 5.57. The number of anilines is 1. The molecule has 1 atom stereocenters. The van der Waals surface area contributed by atoms with Gasteiger partial charge in [-0.25, -0.2) is 4.79 Å². The van der Waals surface area contributed by atoms with Gasteiger partial charge in [-0.3, -0.25) is 0 Å². The highest BCUT2D eigenvalue weighted by Gasteiger charge is 2.32. The van der Waals surface area contributed by atoms with Crippen LogP contribution in [0, 0.1) is 0 Å². The number of nitrogens with one attached hydrogen (secondary N) is 1. The molecule has 5 heteroatoms. The number of carbonyl (C=O) groups excluding carboxylic acids is 1. The molecule has 1 unspecified atom stereocenters. The SMILES string of the molecule is CC(C)c1cccc(C(C)C)c1NC(=O)N1CCSC1c1cccc(OCc2ccccc2)c1. The lowest BCUT2D eigenvalue weighted by Crippen LogP contribution is -2.35. The van der Waals surface area contributed by atoms with Crippen molar-refractivity contribution < 1.29 is 9.53 Å². The van der Waals surface area contributed by atoms with Crippen molar-refractivity contribution in [2.24, 2.45) is 0 Å². The van der Waals surface area contributed by atoms with E-state index in [1.165, 1.54) is 11.1 Å². The molecule has 2 amide bonds. The van der Waals surface area contributed by atoms with Gasteiger partial charge < -0.3 is 15.0 Å². The average molecular weight is 475 g/mol. The second-order valence-corrected chi connectivity index (χ2v) is 10.5. The van der Waals surface area contributed by atoms with E-state index in [2.05, 4.69) is 75.5 Å². The molecule has 4 rings (SSSR count). The van der Waals surface area contributed by atoms with Crippen LogP contribution in [0.5, 0.6) is 5.75 Å². The Morgan fingerprint density at radius 3 is 2.32 bits per heavy atom. The van der Waals surface area contributed by atoms with Gasteiger partial charge in [-0.05, 0) is 46.2 Å². The molecule has 1 N–H and O–H groups in total. The highest BCUT2D eigenvalue weighted by atomic mass is 32.2. The maximum atomic E-state index is 13.5. The predicted octanol–water partition coefficient (Wildman–Crippen LogP) is 7.79. The van der Waals surface area contributed by atoms with E-state index < -0.39 is 0 Å². The Bertz CT molecular complexity index is 1090. The standard InChI is InChI=1S/C29H34N2O2S/c1-20(2)25-14-9-15-26(21(3)4)27(25)30-29(32)31-16-17-34-28(31)23-12-8-13-24(18-23)33-19-22-10-6-5-7-11-22/h5-15,18,20-21,28H,16-17,19H2,1-4H3,(H,30,32). The fourth-order valence-electron chi connectivity index (χ4n) is 4.33. The van der Waals surface area contributed by atoms with E-state index in [0.29, 0.717) is 18.4 Å². The van der Waals surface area contributed by atoms with Crippen molar-refractivity contribution in [1.29, 1.82) is 0 Å². The smallest absolute Gasteiger partial charge is 0.323 e. The first-order chi connectivity index (χ1) is 16.4. The van der Waals surface area contributed by atoms with E-state index in [1.807, 2.05) is 35.2 Å². The summed E-state index contributed by atoms with van der Waals surface area (Å²) in [5, 5.41) is 3.25. The molecule has 1 aliphatic rings. The van der Waals surface area contributed by atoms with Gasteiger partial charge >= 0.3 is 6.03 Å². The molecule has 3 aromatic carbocycles. The molecular weight excluding hydrogens is 440 g/mol. The number of benzene rings is 3. The van der Waals surface area contributed by atoms with Crippen LogP contribution in [0.3, 0.4) is 0 Å². The third-order valence-electron chi connectivity index (χ3n) is 6.15. The van der Waals surface area contributed by atoms with Gasteiger partial charge in [0.15, 0.2) is 0 Å². The van der Waals surface area contributed by atoms with E-state index in [0.717, 1.165) is 34.9 Å². The Labute approximate surface area is 207 Å². The molecule has 4 nitrogen and oxygen atoms in total. The molecule has 0 saturated carbocycles. The predicted molar refractivity (Wildman–Crippen MR) is 143 cm³/mol. The Balaban J connectivity index is 1.52. The summed E-state index contributed by atoms with van der Waals surface area (Å²) in [5.41, 5.74) is 5.55. The van der Waals surface area contributed by atoms with Crippen molar-refractivity contribution in [3.8, 4) is 5.75 Å². The number of nitrogens with zero attached hydrogens (tertiary/aromatic N) is 1. The number of thioether (sulfide) groups is 1. The first kappa shape index (κ1) is 24.2. The maximum absolute atomic E-state index is 13.5. The number of hydrogen-bond acceptors (Lipinski definition) is 3. The zero-order chi connectivity index (χ0) is 24.1. The molecular formula is C29H34N2O2S. The van der Waals surface area contributed by atoms with E-state index >= 15 is 0 Å². The van der Waals surface area contributed by atoms with Crippen molar-refractivity contribution in [3.63, 3.8) is 0 Å². The summed E-state index contributed by atoms with van der Waals surface area (Å²) in [5.74, 6) is 2.39. The molecule has 34 heavy (non-hydrogen) atoms. The molecule has 0 aliphatic carbocycles. The van der Waals surface area contributed by atoms with Crippen LogP contribution in [0.4, 0.5) is 10.5 Å². The molecule has 0 bridgehead atoms. The number of urea groups is 1. The molecule has 1 aliphatic heterocycles. The van der Waals surface area contributed by atoms with E-state index in [1.54, 1.807) is 11.8 Å². The van der Waals surface area contributed by atoms with E-state index in [4.69, 9.17) is 4.74 Å². The van der Waals surface area contributed by atoms with Gasteiger partial charge in [0.25, 0.3) is 0 Å². The molecule has 178 valence electrons. The first-order valence-corrected chi connectivity index (χ1v) is 13.1. The number of carbonyl (C=O) groups is 1. The monoisotopic (exact) mass is 474 g/mol. The van der Waals surface area contributed by atoms with Crippen LogP contribution in [-0.4, -0.2) is 23.2 Å². The Morgan fingerprint density at radius 1 is 0.971 bits per heavy atom. The Hall–Kier alpha value is -2.92. The van der Waals surface area contributed by atoms with E-state index in [9.17, 15) is 4.79 Å². The van der Waals surface area contributed by atoms with Crippen LogP contribution in [-0.2, 0) is 6.61 Å². The summed E-state index contributed by atoms with van der Waals surface area (Å²) in [6.45, 7) is 9.93. The molecule has 1 fully saturated rings. The van der Waals surface area contributed by atoms with Crippen LogP contribution in [0.1, 0.15) is 67.2 Å². The van der Waals surface area contributed by atoms with Crippen molar-refractivity contribution in [2.75, 3.05) is 17.6 Å². The van der Waals surface area contributed by atoms with Crippen LogP contribution >= 0.6 is 11.8 Å². The minimum atomic E-state index is -0.0411. The van der Waals surface area contributed by atoms with Gasteiger partial charge in [0.1, 0.15) is 17.7 Å². The first-order valence-electron chi connectivity index (χ1n) is 12.0. The van der Waals surface area contributed by atoms with Gasteiger partial charge in [-0.2, -0.15) is 0 Å². The van der Waals surface area contributed by atoms with Crippen molar-refractivity contribution in [3.05, 3.63) is 95.1 Å². The quantitative estimate of drug-likeness (QED) is 0.380. The minimum Gasteiger partial charge on any atom is -0.489 e. The fraction of sp³-hybridized carbons (Fsp3) is 0.345. The van der Waals surface area contributed by atoms with Crippen LogP contribution in [0.2, 0.25) is 0 Å².